The van der Waals surface area contributed by atoms with Crippen LogP contribution in [-0.2, 0) is 4.74 Å². The molecule has 0 fully saturated rings. The Morgan fingerprint density at radius 1 is 1.24 bits per heavy atom. The maximum atomic E-state index is 11.8. The summed E-state index contributed by atoms with van der Waals surface area (Å²) >= 11 is 0. The number of carbonyl (C=O) groups is 1. The lowest BCUT2D eigenvalue weighted by Crippen LogP contribution is -2.37. The summed E-state index contributed by atoms with van der Waals surface area (Å²) in [4.78, 5) is 23.9. The highest BCUT2D eigenvalue weighted by Gasteiger charge is 2.34. The van der Waals surface area contributed by atoms with E-state index in [0.717, 1.165) is 46.6 Å². The van der Waals surface area contributed by atoms with Gasteiger partial charge in [-0.25, -0.2) is 20.2 Å². The minimum Gasteiger partial charge on any atom is -0.497 e. The van der Waals surface area contributed by atoms with Crippen LogP contribution in [0.3, 0.4) is 0 Å². The van der Waals surface area contributed by atoms with Crippen molar-refractivity contribution in [2.45, 2.75) is 45.3 Å². The Kier molecular flexibility index (Phi) is 6.28. The molecule has 0 saturated carbocycles. The fourth-order valence-corrected chi connectivity index (χ4v) is 3.88. The second kappa shape index (κ2) is 9.14. The third kappa shape index (κ3) is 5.11. The molecule has 3 heterocycles. The zero-order valence-corrected chi connectivity index (χ0v) is 19.4. The highest BCUT2D eigenvalue weighted by atomic mass is 16.6. The number of hydrogen-bond donors (Lipinski definition) is 4. The minimum atomic E-state index is -0.504. The number of H-pyrrole nitrogens is 1. The number of nitrogens with one attached hydrogen (secondary N) is 3. The van der Waals surface area contributed by atoms with Crippen LogP contribution in [0.25, 0.3) is 10.9 Å². The van der Waals surface area contributed by atoms with Crippen LogP contribution in [0.15, 0.2) is 30.6 Å². The van der Waals surface area contributed by atoms with Crippen molar-refractivity contribution >= 4 is 28.6 Å². The number of methoxy groups -OCH3 is 1. The van der Waals surface area contributed by atoms with Crippen LogP contribution in [-0.4, -0.2) is 46.8 Å². The number of aromatic nitrogens is 3. The zero-order chi connectivity index (χ0) is 23.6. The van der Waals surface area contributed by atoms with E-state index in [9.17, 15) is 4.79 Å². The second-order valence-electron chi connectivity index (χ2n) is 9.02. The van der Waals surface area contributed by atoms with Gasteiger partial charge in [-0.3, -0.25) is 5.01 Å². The molecule has 1 amide bonds. The smallest absolute Gasteiger partial charge is 0.407 e. The molecule has 10 nitrogen and oxygen atoms in total. The molecule has 1 atom stereocenters. The van der Waals surface area contributed by atoms with Crippen LogP contribution in [0.5, 0.6) is 5.75 Å². The molecule has 33 heavy (non-hydrogen) atoms. The maximum Gasteiger partial charge on any atom is 0.407 e. The number of ether oxygens (including phenoxy) is 2. The van der Waals surface area contributed by atoms with Crippen molar-refractivity contribution in [3.05, 3.63) is 41.9 Å². The van der Waals surface area contributed by atoms with Gasteiger partial charge in [0.15, 0.2) is 5.82 Å². The number of hydrogen-bond acceptors (Lipinski definition) is 8. The second-order valence-corrected chi connectivity index (χ2v) is 9.02. The Hall–Kier alpha value is -3.53. The molecule has 2 aromatic heterocycles. The standard InChI is InChI=1S/C23H31N7O3/c1-23(2,3)33-22(31)25-9-5-6-10-30-21-18(20(24)26-13-27-21)19(29-30)17-12-14-11-15(32-4)7-8-16(14)28-17/h7-8,11-13,19,28-29H,5-6,9-10H2,1-4H3,(H,25,31)(H2,24,26,27). The van der Waals surface area contributed by atoms with Gasteiger partial charge >= 0.3 is 6.09 Å². The van der Waals surface area contributed by atoms with Gasteiger partial charge in [0, 0.05) is 29.7 Å². The molecule has 1 unspecified atom stereocenters. The number of nitrogens with two attached hydrogens (primary N) is 1. The van der Waals surface area contributed by atoms with E-state index in [2.05, 4.69) is 31.8 Å². The number of fused-ring (bicyclic) bond motifs is 2. The molecule has 0 spiro atoms. The number of anilines is 2. The Bertz CT molecular complexity index is 1140. The topological polar surface area (TPSA) is 130 Å². The van der Waals surface area contributed by atoms with Crippen LogP contribution >= 0.6 is 0 Å². The summed E-state index contributed by atoms with van der Waals surface area (Å²) < 4.78 is 10.6. The summed E-state index contributed by atoms with van der Waals surface area (Å²) in [5.41, 5.74) is 12.1. The summed E-state index contributed by atoms with van der Waals surface area (Å²) in [5, 5.41) is 5.84. The number of carbonyl (C=O) groups excluding carboxylic acids is 1. The van der Waals surface area contributed by atoms with E-state index in [1.807, 2.05) is 44.0 Å². The molecule has 5 N–H and O–H groups in total. The van der Waals surface area contributed by atoms with Gasteiger partial charge in [-0.1, -0.05) is 0 Å². The number of nitrogens with zero attached hydrogens (tertiary/aromatic N) is 3. The van der Waals surface area contributed by atoms with Gasteiger partial charge in [-0.15, -0.1) is 0 Å². The molecule has 0 saturated heterocycles. The molecule has 0 bridgehead atoms. The highest BCUT2D eigenvalue weighted by molar-refractivity contribution is 5.82. The molecule has 1 aliphatic heterocycles. The van der Waals surface area contributed by atoms with Gasteiger partial charge in [0.25, 0.3) is 0 Å². The summed E-state index contributed by atoms with van der Waals surface area (Å²) in [6.45, 7) is 6.77. The molecule has 1 aromatic carbocycles. The Morgan fingerprint density at radius 3 is 2.82 bits per heavy atom. The third-order valence-electron chi connectivity index (χ3n) is 5.36. The average Bonchev–Trinajstić information content (AvgIpc) is 3.34. The zero-order valence-electron chi connectivity index (χ0n) is 19.4. The lowest BCUT2D eigenvalue weighted by molar-refractivity contribution is 0.0527. The van der Waals surface area contributed by atoms with E-state index in [-0.39, 0.29) is 6.04 Å². The van der Waals surface area contributed by atoms with Gasteiger partial charge in [0.05, 0.1) is 18.7 Å². The predicted octanol–water partition coefficient (Wildman–Crippen LogP) is 3.27. The van der Waals surface area contributed by atoms with Crippen LogP contribution in [0, 0.1) is 0 Å². The minimum absolute atomic E-state index is 0.195. The van der Waals surface area contributed by atoms with Crippen molar-refractivity contribution in [2.75, 3.05) is 30.9 Å². The maximum absolute atomic E-state index is 11.8. The quantitative estimate of drug-likeness (QED) is 0.401. The number of amides is 1. The molecule has 0 radical (unpaired) electrons. The molecule has 176 valence electrons. The fraction of sp³-hybridized carbons (Fsp3) is 0.435. The predicted molar refractivity (Wildman–Crippen MR) is 127 cm³/mol. The number of aromatic amines is 1. The molecule has 1 aliphatic rings. The van der Waals surface area contributed by atoms with Crippen LogP contribution in [0.4, 0.5) is 16.4 Å². The monoisotopic (exact) mass is 453 g/mol. The van der Waals surface area contributed by atoms with Crippen LogP contribution in [0.2, 0.25) is 0 Å². The van der Waals surface area contributed by atoms with Crippen LogP contribution in [0.1, 0.15) is 50.9 Å². The number of benzene rings is 1. The normalized spacial score (nSPS) is 15.5. The first-order valence-corrected chi connectivity index (χ1v) is 11.0. The summed E-state index contributed by atoms with van der Waals surface area (Å²) in [7, 11) is 1.66. The van der Waals surface area contributed by atoms with Crippen molar-refractivity contribution in [3.63, 3.8) is 0 Å². The van der Waals surface area contributed by atoms with Crippen molar-refractivity contribution in [2.24, 2.45) is 0 Å². The van der Waals surface area contributed by atoms with Gasteiger partial charge in [-0.2, -0.15) is 0 Å². The summed E-state index contributed by atoms with van der Waals surface area (Å²) in [5.74, 6) is 2.02. The van der Waals surface area contributed by atoms with Crippen LogP contribution < -0.4 is 26.2 Å². The Labute approximate surface area is 192 Å². The lowest BCUT2D eigenvalue weighted by atomic mass is 10.1. The van der Waals surface area contributed by atoms with Gasteiger partial charge in [0.1, 0.15) is 23.5 Å². The number of hydrazine groups is 1. The first-order chi connectivity index (χ1) is 15.7. The lowest BCUT2D eigenvalue weighted by Gasteiger charge is -2.21. The summed E-state index contributed by atoms with van der Waals surface area (Å²) in [6.07, 6.45) is 2.71. The third-order valence-corrected chi connectivity index (χ3v) is 5.36. The summed E-state index contributed by atoms with van der Waals surface area (Å²) in [6, 6.07) is 7.80. The van der Waals surface area contributed by atoms with E-state index >= 15 is 0 Å². The van der Waals surface area contributed by atoms with Gasteiger partial charge < -0.3 is 25.5 Å². The first kappa shape index (κ1) is 22.7. The van der Waals surface area contributed by atoms with Gasteiger partial charge in [0.2, 0.25) is 0 Å². The van der Waals surface area contributed by atoms with Crippen molar-refractivity contribution < 1.29 is 14.3 Å². The van der Waals surface area contributed by atoms with Crippen molar-refractivity contribution in [3.8, 4) is 5.75 Å². The largest absolute Gasteiger partial charge is 0.497 e. The van der Waals surface area contributed by atoms with E-state index in [1.165, 1.54) is 6.33 Å². The Morgan fingerprint density at radius 2 is 2.06 bits per heavy atom. The van der Waals surface area contributed by atoms with Crippen molar-refractivity contribution in [1.29, 1.82) is 0 Å². The SMILES string of the molecule is COc1ccc2[nH]c(C3NN(CCCCNC(=O)OC(C)(C)C)c4ncnc(N)c43)cc2c1. The van der Waals surface area contributed by atoms with E-state index in [1.54, 1.807) is 7.11 Å². The number of unbranched alkanes of at least 4 members (excludes halogenated alkanes) is 1. The molecular formula is C23H31N7O3. The highest BCUT2D eigenvalue weighted by Crippen LogP contribution is 2.38. The van der Waals surface area contributed by atoms with E-state index < -0.39 is 11.7 Å². The average molecular weight is 454 g/mol. The van der Waals surface area contributed by atoms with Gasteiger partial charge in [-0.05, 0) is 57.9 Å². The molecule has 10 heteroatoms. The fourth-order valence-electron chi connectivity index (χ4n) is 3.88. The molecular weight excluding hydrogens is 422 g/mol. The molecule has 3 aromatic rings. The molecule has 4 rings (SSSR count). The van der Waals surface area contributed by atoms with E-state index in [4.69, 9.17) is 15.2 Å². The Balaban J connectivity index is 1.42. The number of alkyl carbamates (subject to hydrolysis) is 1. The number of nitrogen functional groups attached to an aromatic ring is 1. The van der Waals surface area contributed by atoms with Crippen molar-refractivity contribution in [1.82, 2.24) is 25.7 Å². The molecule has 0 aliphatic carbocycles. The first-order valence-electron chi connectivity index (χ1n) is 11.0. The van der Waals surface area contributed by atoms with E-state index in [0.29, 0.717) is 18.9 Å². The number of rotatable bonds is 7.